The highest BCUT2D eigenvalue weighted by atomic mass is 16.3. The topological polar surface area (TPSA) is 52.1 Å². The maximum atomic E-state index is 11.4. The predicted molar refractivity (Wildman–Crippen MR) is 78.2 cm³/mol. The number of aromatic nitrogens is 2. The van der Waals surface area contributed by atoms with Gasteiger partial charge in [-0.3, -0.25) is 0 Å². The van der Waals surface area contributed by atoms with Crippen molar-refractivity contribution in [3.8, 4) is 0 Å². The Hall–Kier alpha value is -1.65. The maximum Gasteiger partial charge on any atom is 0.150 e. The summed E-state index contributed by atoms with van der Waals surface area (Å²) < 4.78 is 0. The van der Waals surface area contributed by atoms with Crippen LogP contribution in [-0.2, 0) is 5.60 Å². The highest BCUT2D eigenvalue weighted by Gasteiger charge is 2.43. The van der Waals surface area contributed by atoms with Crippen molar-refractivity contribution in [1.82, 2.24) is 14.9 Å². The minimum Gasteiger partial charge on any atom is -0.377 e. The third-order valence-corrected chi connectivity index (χ3v) is 4.38. The Morgan fingerprint density at radius 2 is 1.95 bits per heavy atom. The molecule has 4 nitrogen and oxygen atoms in total. The maximum absolute atomic E-state index is 11.4. The van der Waals surface area contributed by atoms with Gasteiger partial charge in [0.15, 0.2) is 0 Å². The van der Waals surface area contributed by atoms with E-state index in [-0.39, 0.29) is 5.92 Å². The van der Waals surface area contributed by atoms with Crippen molar-refractivity contribution in [2.75, 3.05) is 20.1 Å². The largest absolute Gasteiger partial charge is 0.377 e. The van der Waals surface area contributed by atoms with Gasteiger partial charge in [0.05, 0.1) is 0 Å². The van der Waals surface area contributed by atoms with Crippen molar-refractivity contribution in [1.29, 1.82) is 0 Å². The third-order valence-electron chi connectivity index (χ3n) is 4.38. The fraction of sp³-hybridized carbons (Fsp3) is 0.438. The summed E-state index contributed by atoms with van der Waals surface area (Å²) in [7, 11) is 2.13. The van der Waals surface area contributed by atoms with Gasteiger partial charge in [0, 0.05) is 18.3 Å². The lowest BCUT2D eigenvalue weighted by atomic mass is 9.75. The van der Waals surface area contributed by atoms with Crippen LogP contribution in [0.25, 0.3) is 0 Å². The number of hydrogen-bond acceptors (Lipinski definition) is 3. The fourth-order valence-electron chi connectivity index (χ4n) is 3.16. The van der Waals surface area contributed by atoms with Crippen molar-refractivity contribution in [3.63, 3.8) is 0 Å². The molecule has 1 aromatic heterocycles. The predicted octanol–water partition coefficient (Wildman–Crippen LogP) is 1.99. The summed E-state index contributed by atoms with van der Waals surface area (Å²) in [5.74, 6) is 0.838. The number of benzene rings is 1. The lowest BCUT2D eigenvalue weighted by molar-refractivity contribution is -0.0173. The van der Waals surface area contributed by atoms with Gasteiger partial charge < -0.3 is 15.0 Å². The van der Waals surface area contributed by atoms with Crippen LogP contribution in [0.2, 0.25) is 0 Å². The molecule has 2 N–H and O–H groups in total. The monoisotopic (exact) mass is 271 g/mol. The van der Waals surface area contributed by atoms with E-state index < -0.39 is 5.60 Å². The van der Waals surface area contributed by atoms with E-state index in [2.05, 4.69) is 21.9 Å². The van der Waals surface area contributed by atoms with Crippen molar-refractivity contribution >= 4 is 0 Å². The quantitative estimate of drug-likeness (QED) is 0.897. The molecule has 1 aliphatic rings. The molecule has 0 bridgehead atoms. The molecule has 2 aromatic rings. The highest BCUT2D eigenvalue weighted by Crippen LogP contribution is 2.40. The van der Waals surface area contributed by atoms with Crippen LogP contribution in [0.15, 0.2) is 42.7 Å². The van der Waals surface area contributed by atoms with Gasteiger partial charge in [-0.05, 0) is 38.5 Å². The number of nitrogens with zero attached hydrogens (tertiary/aromatic N) is 2. The van der Waals surface area contributed by atoms with Gasteiger partial charge in [-0.25, -0.2) is 4.98 Å². The number of H-pyrrole nitrogens is 1. The molecule has 3 rings (SSSR count). The molecular formula is C16H21N3O. The lowest BCUT2D eigenvalue weighted by Crippen LogP contribution is -2.43. The van der Waals surface area contributed by atoms with Crippen LogP contribution in [0.1, 0.15) is 24.2 Å². The average Bonchev–Trinajstić information content (AvgIpc) is 3.03. The number of rotatable bonds is 3. The second-order valence-corrected chi connectivity index (χ2v) is 5.65. The summed E-state index contributed by atoms with van der Waals surface area (Å²) in [5, 5.41) is 11.4. The molecule has 0 amide bonds. The molecule has 0 saturated carbocycles. The second kappa shape index (κ2) is 5.38. The van der Waals surface area contributed by atoms with E-state index in [4.69, 9.17) is 0 Å². The molecule has 2 heterocycles. The summed E-state index contributed by atoms with van der Waals surface area (Å²) in [4.78, 5) is 9.76. The van der Waals surface area contributed by atoms with Gasteiger partial charge in [-0.2, -0.15) is 0 Å². The van der Waals surface area contributed by atoms with Crippen LogP contribution in [0.5, 0.6) is 0 Å². The molecule has 1 aliphatic heterocycles. The molecule has 4 heteroatoms. The third kappa shape index (κ3) is 2.25. The number of hydrogen-bond donors (Lipinski definition) is 2. The Labute approximate surface area is 119 Å². The van der Waals surface area contributed by atoms with Crippen LogP contribution >= 0.6 is 0 Å². The number of piperidine rings is 1. The van der Waals surface area contributed by atoms with Crippen molar-refractivity contribution < 1.29 is 5.11 Å². The van der Waals surface area contributed by atoms with Gasteiger partial charge in [0.2, 0.25) is 0 Å². The Kier molecular flexibility index (Phi) is 3.59. The van der Waals surface area contributed by atoms with Crippen LogP contribution in [0.3, 0.4) is 0 Å². The van der Waals surface area contributed by atoms with Crippen molar-refractivity contribution in [3.05, 3.63) is 54.1 Å². The van der Waals surface area contributed by atoms with E-state index in [1.54, 1.807) is 12.4 Å². The Morgan fingerprint density at radius 3 is 2.55 bits per heavy atom. The average molecular weight is 271 g/mol. The Balaban J connectivity index is 2.00. The number of imidazole rings is 1. The molecule has 0 spiro atoms. The molecule has 1 saturated heterocycles. The van der Waals surface area contributed by atoms with E-state index in [1.807, 2.05) is 30.3 Å². The Morgan fingerprint density at radius 1 is 1.25 bits per heavy atom. The summed E-state index contributed by atoms with van der Waals surface area (Å²) in [5.41, 5.74) is -0.101. The number of aromatic amines is 1. The number of aliphatic hydroxyl groups is 1. The van der Waals surface area contributed by atoms with Crippen LogP contribution < -0.4 is 0 Å². The highest BCUT2D eigenvalue weighted by molar-refractivity contribution is 5.30. The zero-order chi connectivity index (χ0) is 14.0. The summed E-state index contributed by atoms with van der Waals surface area (Å²) in [6, 6.07) is 9.89. The molecule has 1 fully saturated rings. The second-order valence-electron chi connectivity index (χ2n) is 5.65. The van der Waals surface area contributed by atoms with E-state index in [0.29, 0.717) is 5.82 Å². The fourth-order valence-corrected chi connectivity index (χ4v) is 3.16. The molecule has 1 unspecified atom stereocenters. The van der Waals surface area contributed by atoms with E-state index >= 15 is 0 Å². The molecule has 20 heavy (non-hydrogen) atoms. The smallest absolute Gasteiger partial charge is 0.150 e. The van der Waals surface area contributed by atoms with E-state index in [1.165, 1.54) is 0 Å². The summed E-state index contributed by atoms with van der Waals surface area (Å²) in [6.07, 6.45) is 5.43. The van der Waals surface area contributed by atoms with Gasteiger partial charge >= 0.3 is 0 Å². The SMILES string of the molecule is CN1CCC(C(O)(c2ccccc2)c2ncc[nH]2)CC1. The minimum absolute atomic E-state index is 0.187. The van der Waals surface area contributed by atoms with Gasteiger partial charge in [0.25, 0.3) is 0 Å². The summed E-state index contributed by atoms with van der Waals surface area (Å²) >= 11 is 0. The molecule has 1 atom stereocenters. The molecule has 1 aromatic carbocycles. The molecular weight excluding hydrogens is 250 g/mol. The van der Waals surface area contributed by atoms with Crippen LogP contribution in [0.4, 0.5) is 0 Å². The first-order valence-corrected chi connectivity index (χ1v) is 7.17. The van der Waals surface area contributed by atoms with Crippen molar-refractivity contribution in [2.24, 2.45) is 5.92 Å². The molecule has 106 valence electrons. The summed E-state index contributed by atoms with van der Waals surface area (Å²) in [6.45, 7) is 2.03. The van der Waals surface area contributed by atoms with Gasteiger partial charge in [0.1, 0.15) is 11.4 Å². The Bertz CT molecular complexity index is 532. The standard InChI is InChI=1S/C16H21N3O/c1-19-11-7-14(8-12-19)16(20,15-17-9-10-18-15)13-5-3-2-4-6-13/h2-6,9-10,14,20H,7-8,11-12H2,1H3,(H,17,18). The zero-order valence-electron chi connectivity index (χ0n) is 11.8. The van der Waals surface area contributed by atoms with Gasteiger partial charge in [-0.15, -0.1) is 0 Å². The molecule has 0 radical (unpaired) electrons. The lowest BCUT2D eigenvalue weighted by Gasteiger charge is -2.39. The first-order valence-electron chi connectivity index (χ1n) is 7.17. The number of nitrogens with one attached hydrogen (secondary N) is 1. The normalized spacial score (nSPS) is 20.7. The van der Waals surface area contributed by atoms with Crippen LogP contribution in [0, 0.1) is 5.92 Å². The zero-order valence-corrected chi connectivity index (χ0v) is 11.8. The van der Waals surface area contributed by atoms with Crippen LogP contribution in [-0.4, -0.2) is 40.1 Å². The minimum atomic E-state index is -1.02. The number of likely N-dealkylation sites (tertiary alicyclic amines) is 1. The van der Waals surface area contributed by atoms with E-state index in [0.717, 1.165) is 31.5 Å². The first-order chi connectivity index (χ1) is 9.71. The first kappa shape index (κ1) is 13.3. The molecule has 0 aliphatic carbocycles. The van der Waals surface area contributed by atoms with E-state index in [9.17, 15) is 5.11 Å². The van der Waals surface area contributed by atoms with Gasteiger partial charge in [-0.1, -0.05) is 30.3 Å². The van der Waals surface area contributed by atoms with Crippen molar-refractivity contribution in [2.45, 2.75) is 18.4 Å².